The molecule has 0 saturated carbocycles. The van der Waals surface area contributed by atoms with E-state index in [1.807, 2.05) is 6.92 Å². The number of carbonyl (C=O) groups is 1. The minimum atomic E-state index is -0.895. The Kier molecular flexibility index (Phi) is 4.04. The van der Waals surface area contributed by atoms with Gasteiger partial charge in [0, 0.05) is 24.8 Å². The van der Waals surface area contributed by atoms with E-state index in [9.17, 15) is 4.79 Å². The standard InChI is InChI=1S/C14H21N3O2/c1-10-7-11(14(18)19)8-13(15-10)17-6-4-5-12(9-17)16(2)3/h7-8,12H,4-6,9H2,1-3H3,(H,18,19). The number of aromatic nitrogens is 1. The predicted octanol–water partition coefficient (Wildman–Crippen LogP) is 1.62. The largest absolute Gasteiger partial charge is 0.478 e. The summed E-state index contributed by atoms with van der Waals surface area (Å²) in [4.78, 5) is 20.0. The highest BCUT2D eigenvalue weighted by Crippen LogP contribution is 2.21. The van der Waals surface area contributed by atoms with Crippen molar-refractivity contribution in [2.24, 2.45) is 0 Å². The molecule has 104 valence electrons. The molecule has 1 aliphatic heterocycles. The van der Waals surface area contributed by atoms with Gasteiger partial charge < -0.3 is 14.9 Å². The summed E-state index contributed by atoms with van der Waals surface area (Å²) in [6.07, 6.45) is 2.29. The van der Waals surface area contributed by atoms with Gasteiger partial charge in [0.15, 0.2) is 0 Å². The molecule has 5 nitrogen and oxygen atoms in total. The summed E-state index contributed by atoms with van der Waals surface area (Å²) in [7, 11) is 4.17. The number of pyridine rings is 1. The fourth-order valence-electron chi connectivity index (χ4n) is 2.52. The van der Waals surface area contributed by atoms with Crippen molar-refractivity contribution in [2.75, 3.05) is 32.1 Å². The second-order valence-electron chi connectivity index (χ2n) is 5.37. The van der Waals surface area contributed by atoms with Crippen LogP contribution in [-0.2, 0) is 0 Å². The zero-order valence-electron chi connectivity index (χ0n) is 11.8. The molecular formula is C14H21N3O2. The van der Waals surface area contributed by atoms with Crippen LogP contribution in [0.2, 0.25) is 0 Å². The van der Waals surface area contributed by atoms with E-state index in [-0.39, 0.29) is 0 Å². The molecule has 0 amide bonds. The second kappa shape index (κ2) is 5.57. The number of rotatable bonds is 3. The molecule has 1 fully saturated rings. The zero-order chi connectivity index (χ0) is 14.0. The molecule has 5 heteroatoms. The fourth-order valence-corrected chi connectivity index (χ4v) is 2.52. The molecule has 19 heavy (non-hydrogen) atoms. The Hall–Kier alpha value is -1.62. The van der Waals surface area contributed by atoms with Crippen molar-refractivity contribution in [1.82, 2.24) is 9.88 Å². The molecule has 1 aliphatic rings. The van der Waals surface area contributed by atoms with Crippen LogP contribution in [0.5, 0.6) is 0 Å². The van der Waals surface area contributed by atoms with Crippen LogP contribution >= 0.6 is 0 Å². The lowest BCUT2D eigenvalue weighted by molar-refractivity contribution is 0.0696. The quantitative estimate of drug-likeness (QED) is 0.898. The van der Waals surface area contributed by atoms with Crippen molar-refractivity contribution < 1.29 is 9.90 Å². The SMILES string of the molecule is Cc1cc(C(=O)O)cc(N2CCCC(N(C)C)C2)n1. The number of carboxylic acids is 1. The van der Waals surface area contributed by atoms with Crippen LogP contribution in [0.1, 0.15) is 28.9 Å². The highest BCUT2D eigenvalue weighted by molar-refractivity contribution is 5.88. The van der Waals surface area contributed by atoms with E-state index in [1.54, 1.807) is 12.1 Å². The third kappa shape index (κ3) is 3.23. The van der Waals surface area contributed by atoms with Crippen LogP contribution < -0.4 is 4.90 Å². The van der Waals surface area contributed by atoms with Gasteiger partial charge in [-0.1, -0.05) is 0 Å². The molecule has 1 aromatic heterocycles. The first-order valence-electron chi connectivity index (χ1n) is 6.60. The van der Waals surface area contributed by atoms with E-state index in [2.05, 4.69) is 28.9 Å². The summed E-state index contributed by atoms with van der Waals surface area (Å²) >= 11 is 0. The van der Waals surface area contributed by atoms with Crippen LogP contribution in [0.25, 0.3) is 0 Å². The van der Waals surface area contributed by atoms with Crippen molar-refractivity contribution in [3.8, 4) is 0 Å². The maximum Gasteiger partial charge on any atom is 0.335 e. The Morgan fingerprint density at radius 3 is 2.84 bits per heavy atom. The minimum absolute atomic E-state index is 0.314. The topological polar surface area (TPSA) is 56.7 Å². The zero-order valence-corrected chi connectivity index (χ0v) is 11.8. The maximum atomic E-state index is 11.1. The van der Waals surface area contributed by atoms with Crippen LogP contribution in [0.3, 0.4) is 0 Å². The molecule has 0 bridgehead atoms. The van der Waals surface area contributed by atoms with Gasteiger partial charge in [-0.05, 0) is 46.0 Å². The summed E-state index contributed by atoms with van der Waals surface area (Å²) in [5.41, 5.74) is 1.07. The van der Waals surface area contributed by atoms with E-state index in [0.717, 1.165) is 31.0 Å². The van der Waals surface area contributed by atoms with Gasteiger partial charge >= 0.3 is 5.97 Å². The summed E-state index contributed by atoms with van der Waals surface area (Å²) < 4.78 is 0. The van der Waals surface area contributed by atoms with Gasteiger partial charge in [-0.2, -0.15) is 0 Å². The molecule has 1 atom stereocenters. The van der Waals surface area contributed by atoms with Crippen LogP contribution in [0, 0.1) is 6.92 Å². The molecule has 0 aromatic carbocycles. The lowest BCUT2D eigenvalue weighted by Crippen LogP contribution is -2.45. The van der Waals surface area contributed by atoms with E-state index >= 15 is 0 Å². The fraction of sp³-hybridized carbons (Fsp3) is 0.571. The van der Waals surface area contributed by atoms with Crippen molar-refractivity contribution in [1.29, 1.82) is 0 Å². The normalized spacial score (nSPS) is 19.8. The molecule has 2 heterocycles. The number of aryl methyl sites for hydroxylation is 1. The van der Waals surface area contributed by atoms with E-state index in [0.29, 0.717) is 11.6 Å². The number of aromatic carboxylic acids is 1. The van der Waals surface area contributed by atoms with Gasteiger partial charge in [0.2, 0.25) is 0 Å². The molecular weight excluding hydrogens is 242 g/mol. The van der Waals surface area contributed by atoms with Gasteiger partial charge in [0.25, 0.3) is 0 Å². The van der Waals surface area contributed by atoms with Crippen LogP contribution in [0.15, 0.2) is 12.1 Å². The van der Waals surface area contributed by atoms with Gasteiger partial charge in [-0.15, -0.1) is 0 Å². The van der Waals surface area contributed by atoms with E-state index in [4.69, 9.17) is 5.11 Å². The molecule has 1 N–H and O–H groups in total. The summed E-state index contributed by atoms with van der Waals surface area (Å²) in [5, 5.41) is 9.12. The monoisotopic (exact) mass is 263 g/mol. The van der Waals surface area contributed by atoms with Gasteiger partial charge in [0.1, 0.15) is 5.82 Å². The second-order valence-corrected chi connectivity index (χ2v) is 5.37. The first-order valence-corrected chi connectivity index (χ1v) is 6.60. The summed E-state index contributed by atoms with van der Waals surface area (Å²) in [6, 6.07) is 3.79. The van der Waals surface area contributed by atoms with Crippen molar-refractivity contribution in [2.45, 2.75) is 25.8 Å². The summed E-state index contributed by atoms with van der Waals surface area (Å²) in [5.74, 6) is -0.114. The van der Waals surface area contributed by atoms with E-state index < -0.39 is 5.97 Å². The number of carboxylic acid groups (broad SMARTS) is 1. The first kappa shape index (κ1) is 13.8. The molecule has 1 unspecified atom stereocenters. The lowest BCUT2D eigenvalue weighted by Gasteiger charge is -2.37. The Morgan fingerprint density at radius 2 is 2.21 bits per heavy atom. The van der Waals surface area contributed by atoms with Crippen molar-refractivity contribution in [3.63, 3.8) is 0 Å². The highest BCUT2D eigenvalue weighted by atomic mass is 16.4. The van der Waals surface area contributed by atoms with Crippen molar-refractivity contribution in [3.05, 3.63) is 23.4 Å². The third-order valence-electron chi connectivity index (χ3n) is 3.64. The Bertz CT molecular complexity index is 474. The van der Waals surface area contributed by atoms with E-state index in [1.165, 1.54) is 6.42 Å². The number of likely N-dealkylation sites (N-methyl/N-ethyl adjacent to an activating group) is 1. The summed E-state index contributed by atoms with van der Waals surface area (Å²) in [6.45, 7) is 3.69. The predicted molar refractivity (Wildman–Crippen MR) is 74.9 cm³/mol. The number of nitrogens with zero attached hydrogens (tertiary/aromatic N) is 3. The molecule has 2 rings (SSSR count). The lowest BCUT2D eigenvalue weighted by atomic mass is 10.0. The minimum Gasteiger partial charge on any atom is -0.478 e. The Morgan fingerprint density at radius 1 is 1.47 bits per heavy atom. The third-order valence-corrected chi connectivity index (χ3v) is 3.64. The number of hydrogen-bond donors (Lipinski definition) is 1. The molecule has 0 spiro atoms. The maximum absolute atomic E-state index is 11.1. The van der Waals surface area contributed by atoms with Gasteiger partial charge in [-0.25, -0.2) is 9.78 Å². The number of anilines is 1. The van der Waals surface area contributed by atoms with Crippen LogP contribution in [0.4, 0.5) is 5.82 Å². The van der Waals surface area contributed by atoms with Gasteiger partial charge in [0.05, 0.1) is 5.56 Å². The average Bonchev–Trinajstić information content (AvgIpc) is 2.38. The van der Waals surface area contributed by atoms with Crippen LogP contribution in [-0.4, -0.2) is 54.2 Å². The Labute approximate surface area is 113 Å². The molecule has 0 aliphatic carbocycles. The van der Waals surface area contributed by atoms with Crippen molar-refractivity contribution >= 4 is 11.8 Å². The molecule has 1 saturated heterocycles. The number of piperidine rings is 1. The number of hydrogen-bond acceptors (Lipinski definition) is 4. The Balaban J connectivity index is 2.23. The molecule has 1 aromatic rings. The first-order chi connectivity index (χ1) is 8.97. The average molecular weight is 263 g/mol. The highest BCUT2D eigenvalue weighted by Gasteiger charge is 2.23. The smallest absolute Gasteiger partial charge is 0.335 e. The molecule has 0 radical (unpaired) electrons. The van der Waals surface area contributed by atoms with Gasteiger partial charge in [-0.3, -0.25) is 0 Å².